The Bertz CT molecular complexity index is 715. The van der Waals surface area contributed by atoms with Gasteiger partial charge >= 0.3 is 0 Å². The Balaban J connectivity index is 1.79. The molecule has 0 atom stereocenters. The number of sulfone groups is 1. The van der Waals surface area contributed by atoms with E-state index >= 15 is 0 Å². The van der Waals surface area contributed by atoms with Crippen molar-refractivity contribution in [3.63, 3.8) is 0 Å². The van der Waals surface area contributed by atoms with Crippen LogP contribution in [-0.2, 0) is 22.9 Å². The highest BCUT2D eigenvalue weighted by molar-refractivity contribution is 7.90. The molecule has 0 spiro atoms. The number of hydrogen-bond donors (Lipinski definition) is 1. The van der Waals surface area contributed by atoms with Gasteiger partial charge < -0.3 is 9.88 Å². The van der Waals surface area contributed by atoms with Crippen molar-refractivity contribution in [1.29, 1.82) is 0 Å². The first-order valence-electron chi connectivity index (χ1n) is 7.00. The average molecular weight is 292 g/mol. The second-order valence-electron chi connectivity index (χ2n) is 5.69. The quantitative estimate of drug-likeness (QED) is 0.885. The zero-order valence-corrected chi connectivity index (χ0v) is 12.5. The molecule has 1 aromatic carbocycles. The van der Waals surface area contributed by atoms with Gasteiger partial charge in [-0.05, 0) is 35.9 Å². The first-order valence-corrected chi connectivity index (χ1v) is 9.06. The first-order chi connectivity index (χ1) is 9.51. The molecule has 1 saturated carbocycles. The molecule has 0 bridgehead atoms. The van der Waals surface area contributed by atoms with E-state index < -0.39 is 9.84 Å². The molecule has 1 fully saturated rings. The van der Waals surface area contributed by atoms with Crippen LogP contribution < -0.4 is 5.32 Å². The van der Waals surface area contributed by atoms with Gasteiger partial charge in [-0.3, -0.25) is 0 Å². The molecule has 3 rings (SSSR count). The Labute approximate surface area is 119 Å². The monoisotopic (exact) mass is 292 g/mol. The van der Waals surface area contributed by atoms with Crippen LogP contribution in [0.1, 0.15) is 18.4 Å². The molecule has 4 nitrogen and oxygen atoms in total. The summed E-state index contributed by atoms with van der Waals surface area (Å²) in [5.41, 5.74) is 2.37. The molecule has 0 aliphatic heterocycles. The van der Waals surface area contributed by atoms with Gasteiger partial charge in [-0.2, -0.15) is 0 Å². The Morgan fingerprint density at radius 2 is 2.10 bits per heavy atom. The first kappa shape index (κ1) is 13.6. The van der Waals surface area contributed by atoms with Gasteiger partial charge in [0, 0.05) is 37.1 Å². The summed E-state index contributed by atoms with van der Waals surface area (Å²) in [5, 5.41) is 4.66. The summed E-state index contributed by atoms with van der Waals surface area (Å²) in [6.45, 7) is 1.40. The van der Waals surface area contributed by atoms with Crippen LogP contribution in [0.2, 0.25) is 0 Å². The van der Waals surface area contributed by atoms with Gasteiger partial charge in [-0.25, -0.2) is 8.42 Å². The van der Waals surface area contributed by atoms with Gasteiger partial charge in [-0.1, -0.05) is 12.1 Å². The van der Waals surface area contributed by atoms with E-state index in [2.05, 4.69) is 23.5 Å². The highest BCUT2D eigenvalue weighted by Gasteiger charge is 2.19. The van der Waals surface area contributed by atoms with Gasteiger partial charge in [0.15, 0.2) is 0 Å². The van der Waals surface area contributed by atoms with Gasteiger partial charge in [0.2, 0.25) is 0 Å². The van der Waals surface area contributed by atoms with Crippen molar-refractivity contribution >= 4 is 20.7 Å². The standard InChI is InChI=1S/C15H20N2O2S/c1-20(18,19)9-8-17-7-6-13-3-2-12(10-15(13)17)11-16-14-4-5-14/h2-3,6-7,10,14,16H,4-5,8-9,11H2,1H3. The summed E-state index contributed by atoms with van der Waals surface area (Å²) in [5.74, 6) is 0.182. The Hall–Kier alpha value is -1.33. The van der Waals surface area contributed by atoms with Gasteiger partial charge in [0.05, 0.1) is 5.75 Å². The molecule has 1 heterocycles. The van der Waals surface area contributed by atoms with Crippen LogP contribution in [0.5, 0.6) is 0 Å². The summed E-state index contributed by atoms with van der Waals surface area (Å²) in [6.07, 6.45) is 5.82. The largest absolute Gasteiger partial charge is 0.346 e. The van der Waals surface area contributed by atoms with E-state index in [9.17, 15) is 8.42 Å². The zero-order valence-electron chi connectivity index (χ0n) is 11.7. The molecule has 1 aromatic heterocycles. The minimum absolute atomic E-state index is 0.182. The molecule has 1 aliphatic carbocycles. The number of nitrogens with one attached hydrogen (secondary N) is 1. The molecular weight excluding hydrogens is 272 g/mol. The molecule has 108 valence electrons. The number of hydrogen-bond acceptors (Lipinski definition) is 3. The Kier molecular flexibility index (Phi) is 3.56. The minimum atomic E-state index is -2.93. The zero-order chi connectivity index (χ0) is 14.2. The van der Waals surface area contributed by atoms with Crippen molar-refractivity contribution in [3.05, 3.63) is 36.0 Å². The third-order valence-corrected chi connectivity index (χ3v) is 4.64. The fourth-order valence-electron chi connectivity index (χ4n) is 2.35. The highest BCUT2D eigenvalue weighted by Crippen LogP contribution is 2.21. The van der Waals surface area contributed by atoms with Gasteiger partial charge in [0.1, 0.15) is 9.84 Å². The molecule has 5 heteroatoms. The number of aromatic nitrogens is 1. The maximum absolute atomic E-state index is 11.3. The lowest BCUT2D eigenvalue weighted by Crippen LogP contribution is -2.15. The molecular formula is C15H20N2O2S. The number of benzene rings is 1. The normalized spacial score (nSPS) is 15.8. The number of aryl methyl sites for hydroxylation is 1. The van der Waals surface area contributed by atoms with Crippen LogP contribution in [0.25, 0.3) is 10.9 Å². The van der Waals surface area contributed by atoms with Gasteiger partial charge in [0.25, 0.3) is 0 Å². The van der Waals surface area contributed by atoms with E-state index in [4.69, 9.17) is 0 Å². The van der Waals surface area contributed by atoms with Crippen molar-refractivity contribution in [2.75, 3.05) is 12.0 Å². The van der Waals surface area contributed by atoms with Crippen LogP contribution in [0.4, 0.5) is 0 Å². The summed E-state index contributed by atoms with van der Waals surface area (Å²) in [4.78, 5) is 0. The van der Waals surface area contributed by atoms with E-state index in [0.717, 1.165) is 17.4 Å². The SMILES string of the molecule is CS(=O)(=O)CCn1ccc2ccc(CNC3CC3)cc21. The van der Waals surface area contributed by atoms with Crippen LogP contribution in [-0.4, -0.2) is 31.0 Å². The molecule has 20 heavy (non-hydrogen) atoms. The predicted molar refractivity (Wildman–Crippen MR) is 81.5 cm³/mol. The topological polar surface area (TPSA) is 51.1 Å². The van der Waals surface area contributed by atoms with Crippen molar-refractivity contribution < 1.29 is 8.42 Å². The summed E-state index contributed by atoms with van der Waals surface area (Å²) in [7, 11) is -2.93. The fourth-order valence-corrected chi connectivity index (χ4v) is 2.88. The van der Waals surface area contributed by atoms with E-state index in [1.54, 1.807) is 0 Å². The lowest BCUT2D eigenvalue weighted by molar-refractivity contribution is 0.596. The predicted octanol–water partition coefficient (Wildman–Crippen LogP) is 1.94. The van der Waals surface area contributed by atoms with E-state index in [1.807, 2.05) is 16.8 Å². The molecule has 0 unspecified atom stereocenters. The van der Waals surface area contributed by atoms with Crippen LogP contribution in [0.15, 0.2) is 30.5 Å². The second kappa shape index (κ2) is 5.22. The van der Waals surface area contributed by atoms with Gasteiger partial charge in [-0.15, -0.1) is 0 Å². The fraction of sp³-hybridized carbons (Fsp3) is 0.467. The van der Waals surface area contributed by atoms with E-state index in [0.29, 0.717) is 12.6 Å². The second-order valence-corrected chi connectivity index (χ2v) is 7.95. The Morgan fingerprint density at radius 3 is 2.80 bits per heavy atom. The third kappa shape index (κ3) is 3.41. The summed E-state index contributed by atoms with van der Waals surface area (Å²) >= 11 is 0. The van der Waals surface area contributed by atoms with Crippen molar-refractivity contribution in [2.24, 2.45) is 0 Å². The maximum Gasteiger partial charge on any atom is 0.149 e. The van der Waals surface area contributed by atoms with Crippen molar-refractivity contribution in [1.82, 2.24) is 9.88 Å². The smallest absolute Gasteiger partial charge is 0.149 e. The molecule has 0 saturated heterocycles. The minimum Gasteiger partial charge on any atom is -0.346 e. The molecule has 1 N–H and O–H groups in total. The lowest BCUT2D eigenvalue weighted by Gasteiger charge is -2.07. The number of rotatable bonds is 6. The van der Waals surface area contributed by atoms with Crippen LogP contribution in [0.3, 0.4) is 0 Å². The number of nitrogens with zero attached hydrogens (tertiary/aromatic N) is 1. The molecule has 1 aliphatic rings. The molecule has 2 aromatic rings. The van der Waals surface area contributed by atoms with E-state index in [-0.39, 0.29) is 5.75 Å². The Morgan fingerprint density at radius 1 is 1.30 bits per heavy atom. The molecule has 0 radical (unpaired) electrons. The summed E-state index contributed by atoms with van der Waals surface area (Å²) in [6, 6.07) is 9.14. The number of fused-ring (bicyclic) bond motifs is 1. The van der Waals surface area contributed by atoms with Crippen molar-refractivity contribution in [2.45, 2.75) is 32.0 Å². The highest BCUT2D eigenvalue weighted by atomic mass is 32.2. The van der Waals surface area contributed by atoms with E-state index in [1.165, 1.54) is 24.7 Å². The molecule has 0 amide bonds. The van der Waals surface area contributed by atoms with Crippen LogP contribution >= 0.6 is 0 Å². The summed E-state index contributed by atoms with van der Waals surface area (Å²) < 4.78 is 24.6. The van der Waals surface area contributed by atoms with Crippen LogP contribution in [0, 0.1) is 0 Å². The average Bonchev–Trinajstić information content (AvgIpc) is 3.13. The maximum atomic E-state index is 11.3. The lowest BCUT2D eigenvalue weighted by atomic mass is 10.1. The third-order valence-electron chi connectivity index (χ3n) is 3.71. The van der Waals surface area contributed by atoms with Crippen molar-refractivity contribution in [3.8, 4) is 0 Å².